The summed E-state index contributed by atoms with van der Waals surface area (Å²) in [6.45, 7) is -0.405. The van der Waals surface area contributed by atoms with Crippen LogP contribution < -0.4 is 10.6 Å². The molecule has 0 aliphatic rings. The maximum atomic E-state index is 13.4. The maximum absolute atomic E-state index is 13.4. The lowest BCUT2D eigenvalue weighted by Crippen LogP contribution is -2.22. The number of nitrogens with one attached hydrogen (secondary N) is 2. The van der Waals surface area contributed by atoms with Gasteiger partial charge in [0.05, 0.1) is 17.8 Å². The van der Waals surface area contributed by atoms with E-state index in [1.807, 2.05) is 0 Å². The third-order valence-corrected chi connectivity index (χ3v) is 2.85. The van der Waals surface area contributed by atoms with Crippen LogP contribution in [0.5, 0.6) is 0 Å². The summed E-state index contributed by atoms with van der Waals surface area (Å²) < 4.78 is 64.0. The standard InChI is InChI=1S/C15H11F5N2O/c16-10-4-5-12(17)13(7-10)22-14(23)8-21-11-3-1-2-9(6-11)15(18,19)20/h1-7,21H,8H2,(H,22,23). The molecule has 0 bridgehead atoms. The smallest absolute Gasteiger partial charge is 0.376 e. The lowest BCUT2D eigenvalue weighted by molar-refractivity contribution is -0.137. The summed E-state index contributed by atoms with van der Waals surface area (Å²) in [6, 6.07) is 6.83. The quantitative estimate of drug-likeness (QED) is 0.831. The Morgan fingerprint density at radius 1 is 1.04 bits per heavy atom. The number of amides is 1. The van der Waals surface area contributed by atoms with Crippen molar-refractivity contribution in [1.29, 1.82) is 0 Å². The Morgan fingerprint density at radius 2 is 1.78 bits per heavy atom. The lowest BCUT2D eigenvalue weighted by Gasteiger charge is -2.11. The van der Waals surface area contributed by atoms with Gasteiger partial charge in [-0.15, -0.1) is 0 Å². The zero-order valence-corrected chi connectivity index (χ0v) is 11.5. The lowest BCUT2D eigenvalue weighted by atomic mass is 10.2. The Balaban J connectivity index is 1.98. The largest absolute Gasteiger partial charge is 0.416 e. The first-order chi connectivity index (χ1) is 10.8. The van der Waals surface area contributed by atoms with Gasteiger partial charge < -0.3 is 10.6 Å². The molecule has 0 aliphatic heterocycles. The van der Waals surface area contributed by atoms with Crippen LogP contribution in [0.25, 0.3) is 0 Å². The first kappa shape index (κ1) is 16.7. The van der Waals surface area contributed by atoms with Gasteiger partial charge in [0.15, 0.2) is 0 Å². The van der Waals surface area contributed by atoms with E-state index in [0.29, 0.717) is 0 Å². The molecule has 23 heavy (non-hydrogen) atoms. The van der Waals surface area contributed by atoms with Crippen LogP contribution in [0.3, 0.4) is 0 Å². The normalized spacial score (nSPS) is 11.2. The Hall–Kier alpha value is -2.64. The van der Waals surface area contributed by atoms with E-state index in [0.717, 1.165) is 30.3 Å². The first-order valence-electron chi connectivity index (χ1n) is 6.42. The predicted octanol–water partition coefficient (Wildman–Crippen LogP) is 4.03. The van der Waals surface area contributed by atoms with E-state index in [1.165, 1.54) is 12.1 Å². The second kappa shape index (κ2) is 6.64. The fourth-order valence-electron chi connectivity index (χ4n) is 1.78. The van der Waals surface area contributed by atoms with E-state index in [4.69, 9.17) is 0 Å². The van der Waals surface area contributed by atoms with Crippen molar-refractivity contribution in [3.05, 3.63) is 59.7 Å². The Labute approximate surface area is 128 Å². The molecule has 0 aliphatic carbocycles. The molecule has 122 valence electrons. The highest BCUT2D eigenvalue weighted by Gasteiger charge is 2.30. The average molecular weight is 330 g/mol. The van der Waals surface area contributed by atoms with Gasteiger partial charge in [-0.3, -0.25) is 4.79 Å². The second-order valence-electron chi connectivity index (χ2n) is 4.60. The number of rotatable bonds is 4. The number of anilines is 2. The molecule has 3 nitrogen and oxygen atoms in total. The van der Waals surface area contributed by atoms with Crippen LogP contribution in [0.1, 0.15) is 5.56 Å². The highest BCUT2D eigenvalue weighted by atomic mass is 19.4. The van der Waals surface area contributed by atoms with Crippen LogP contribution in [-0.2, 0) is 11.0 Å². The van der Waals surface area contributed by atoms with Crippen molar-refractivity contribution >= 4 is 17.3 Å². The second-order valence-corrected chi connectivity index (χ2v) is 4.60. The summed E-state index contributed by atoms with van der Waals surface area (Å²) >= 11 is 0. The molecule has 1 amide bonds. The van der Waals surface area contributed by atoms with Crippen LogP contribution in [0.15, 0.2) is 42.5 Å². The van der Waals surface area contributed by atoms with Gasteiger partial charge in [-0.1, -0.05) is 6.07 Å². The zero-order chi connectivity index (χ0) is 17.0. The Bertz CT molecular complexity index is 715. The van der Waals surface area contributed by atoms with E-state index in [2.05, 4.69) is 10.6 Å². The first-order valence-corrected chi connectivity index (χ1v) is 6.42. The maximum Gasteiger partial charge on any atom is 0.416 e. The molecular weight excluding hydrogens is 319 g/mol. The molecule has 0 spiro atoms. The molecule has 0 fully saturated rings. The summed E-state index contributed by atoms with van der Waals surface area (Å²) in [7, 11) is 0. The van der Waals surface area contributed by atoms with Gasteiger partial charge in [0.25, 0.3) is 0 Å². The van der Waals surface area contributed by atoms with Crippen LogP contribution >= 0.6 is 0 Å². The average Bonchev–Trinajstić information content (AvgIpc) is 2.48. The van der Waals surface area contributed by atoms with Gasteiger partial charge in [0, 0.05) is 11.8 Å². The van der Waals surface area contributed by atoms with Crippen molar-refractivity contribution in [2.24, 2.45) is 0 Å². The Kier molecular flexibility index (Phi) is 4.83. The number of carbonyl (C=O) groups is 1. The highest BCUT2D eigenvalue weighted by molar-refractivity contribution is 5.93. The van der Waals surface area contributed by atoms with Crippen molar-refractivity contribution in [3.63, 3.8) is 0 Å². The molecule has 8 heteroatoms. The third kappa shape index (κ3) is 4.67. The molecule has 2 aromatic carbocycles. The van der Waals surface area contributed by atoms with Gasteiger partial charge >= 0.3 is 6.18 Å². The number of hydrogen-bond donors (Lipinski definition) is 2. The summed E-state index contributed by atoms with van der Waals surface area (Å²) in [5, 5.41) is 4.61. The molecule has 0 heterocycles. The minimum Gasteiger partial charge on any atom is -0.376 e. The molecule has 0 radical (unpaired) electrons. The fourth-order valence-corrected chi connectivity index (χ4v) is 1.78. The monoisotopic (exact) mass is 330 g/mol. The SMILES string of the molecule is O=C(CNc1cccc(C(F)(F)F)c1)Nc1cc(F)ccc1F. The van der Waals surface area contributed by atoms with Crippen LogP contribution in [-0.4, -0.2) is 12.5 Å². The van der Waals surface area contributed by atoms with E-state index < -0.39 is 35.8 Å². The number of halogens is 5. The molecule has 0 atom stereocenters. The van der Waals surface area contributed by atoms with E-state index >= 15 is 0 Å². The van der Waals surface area contributed by atoms with Crippen molar-refractivity contribution in [3.8, 4) is 0 Å². The predicted molar refractivity (Wildman–Crippen MR) is 74.9 cm³/mol. The highest BCUT2D eigenvalue weighted by Crippen LogP contribution is 2.30. The van der Waals surface area contributed by atoms with Gasteiger partial charge in [-0.2, -0.15) is 13.2 Å². The molecule has 0 saturated heterocycles. The van der Waals surface area contributed by atoms with Gasteiger partial charge in [0.2, 0.25) is 5.91 Å². The molecule has 2 rings (SSSR count). The molecule has 0 saturated carbocycles. The van der Waals surface area contributed by atoms with Crippen molar-refractivity contribution < 1.29 is 26.7 Å². The number of carbonyl (C=O) groups excluding carboxylic acids is 1. The zero-order valence-electron chi connectivity index (χ0n) is 11.5. The number of benzene rings is 2. The molecule has 2 aromatic rings. The fraction of sp³-hybridized carbons (Fsp3) is 0.133. The van der Waals surface area contributed by atoms with E-state index in [1.54, 1.807) is 0 Å². The third-order valence-electron chi connectivity index (χ3n) is 2.85. The minimum atomic E-state index is -4.50. The van der Waals surface area contributed by atoms with Crippen molar-refractivity contribution in [1.82, 2.24) is 0 Å². The van der Waals surface area contributed by atoms with Crippen LogP contribution in [0.2, 0.25) is 0 Å². The van der Waals surface area contributed by atoms with Gasteiger partial charge in [-0.25, -0.2) is 8.78 Å². The summed E-state index contributed by atoms with van der Waals surface area (Å²) in [4.78, 5) is 11.6. The summed E-state index contributed by atoms with van der Waals surface area (Å²) in [6.07, 6.45) is -4.50. The molecule has 0 aromatic heterocycles. The minimum absolute atomic E-state index is 0.0784. The van der Waals surface area contributed by atoms with Crippen molar-refractivity contribution in [2.75, 3.05) is 17.2 Å². The van der Waals surface area contributed by atoms with Crippen LogP contribution in [0, 0.1) is 11.6 Å². The van der Waals surface area contributed by atoms with Gasteiger partial charge in [0.1, 0.15) is 11.6 Å². The number of hydrogen-bond acceptors (Lipinski definition) is 2. The van der Waals surface area contributed by atoms with Gasteiger partial charge in [-0.05, 0) is 30.3 Å². The Morgan fingerprint density at radius 3 is 2.48 bits per heavy atom. The van der Waals surface area contributed by atoms with E-state index in [9.17, 15) is 26.7 Å². The molecular formula is C15H11F5N2O. The molecule has 2 N–H and O–H groups in total. The molecule has 0 unspecified atom stereocenters. The summed E-state index contributed by atoms with van der Waals surface area (Å²) in [5.74, 6) is -2.28. The topological polar surface area (TPSA) is 41.1 Å². The number of alkyl halides is 3. The van der Waals surface area contributed by atoms with E-state index in [-0.39, 0.29) is 11.4 Å². The van der Waals surface area contributed by atoms with Crippen molar-refractivity contribution in [2.45, 2.75) is 6.18 Å². The summed E-state index contributed by atoms with van der Waals surface area (Å²) in [5.41, 5.74) is -1.13. The van der Waals surface area contributed by atoms with Crippen LogP contribution in [0.4, 0.5) is 33.3 Å².